The zero-order valence-corrected chi connectivity index (χ0v) is 30.8. The Morgan fingerprint density at radius 2 is 1.02 bits per heavy atom. The number of anilines is 5. The van der Waals surface area contributed by atoms with E-state index in [2.05, 4.69) is 46.4 Å². The van der Waals surface area contributed by atoms with Crippen molar-refractivity contribution in [1.29, 1.82) is 0 Å². The van der Waals surface area contributed by atoms with Gasteiger partial charge in [-0.3, -0.25) is 9.59 Å². The summed E-state index contributed by atoms with van der Waals surface area (Å²) in [7, 11) is 0. The molecule has 0 bridgehead atoms. The lowest BCUT2D eigenvalue weighted by atomic mass is 10.1. The lowest BCUT2D eigenvalue weighted by molar-refractivity contribution is -0.138. The second-order valence-corrected chi connectivity index (χ2v) is 12.1. The highest BCUT2D eigenvalue weighted by Gasteiger charge is 2.31. The molecule has 0 spiro atoms. The van der Waals surface area contributed by atoms with Crippen LogP contribution in [-0.2, 0) is 12.4 Å². The number of benzene rings is 4. The number of nitrogens with two attached hydrogens (primary N) is 1. The van der Waals surface area contributed by atoms with E-state index in [0.717, 1.165) is 29.8 Å². The van der Waals surface area contributed by atoms with Crippen molar-refractivity contribution in [2.45, 2.75) is 26.2 Å². The first-order chi connectivity index (χ1) is 27.9. The maximum atomic E-state index is 12.8. The summed E-state index contributed by atoms with van der Waals surface area (Å²) in [5.41, 5.74) is 7.87. The van der Waals surface area contributed by atoms with E-state index in [1.54, 1.807) is 31.2 Å². The number of halogens is 6. The van der Waals surface area contributed by atoms with E-state index in [4.69, 9.17) is 5.73 Å². The van der Waals surface area contributed by atoms with Crippen molar-refractivity contribution in [2.24, 2.45) is 5.18 Å². The monoisotopic (exact) mass is 818 g/mol. The fraction of sp³-hybridized carbons (Fsp3) is 0.103. The highest BCUT2D eigenvalue weighted by molar-refractivity contribution is 6.07. The number of nitroso groups, excluding NO2 is 1. The Hall–Kier alpha value is -7.77. The minimum absolute atomic E-state index is 0.0171. The van der Waals surface area contributed by atoms with Crippen molar-refractivity contribution < 1.29 is 40.7 Å². The molecule has 0 aliphatic rings. The highest BCUT2D eigenvalue weighted by Crippen LogP contribution is 2.32. The van der Waals surface area contributed by atoms with Gasteiger partial charge in [-0.2, -0.15) is 26.3 Å². The second kappa shape index (κ2) is 19.9. The van der Waals surface area contributed by atoms with E-state index in [0.29, 0.717) is 45.5 Å². The standard InChI is InChI=1S/C20H16F3N5O2.C12H12N4O.C7H4F3NO/c1-12-5-6-15(8-17(12)18(29)26-16-9-24-11-25-10-16)28-19(30)27-14-4-2-3-13(7-14)20(21,22)23;1-8-2-3-9(13)4-11(8)12(17)16-10-5-14-7-15-6-10;8-7(9,10)5-2-1-3-6(4-5)11-12/h2-11H,1H3,(H,26,29)(H2,27,28,30);2-7H,13H2,1H3,(H,16,17);1-4H. The van der Waals surface area contributed by atoms with Crippen LogP contribution < -0.4 is 27.0 Å². The second-order valence-electron chi connectivity index (χ2n) is 12.1. The Bertz CT molecular complexity index is 2400. The molecule has 6 aromatic rings. The maximum absolute atomic E-state index is 12.8. The average molecular weight is 819 g/mol. The minimum atomic E-state index is -4.52. The molecular weight excluding hydrogens is 786 g/mol. The number of hydrogen-bond acceptors (Lipinski definition) is 10. The van der Waals surface area contributed by atoms with Gasteiger partial charge in [-0.1, -0.05) is 24.3 Å². The van der Waals surface area contributed by atoms with Crippen LogP contribution in [-0.4, -0.2) is 37.8 Å². The van der Waals surface area contributed by atoms with Crippen molar-refractivity contribution in [1.82, 2.24) is 19.9 Å². The summed E-state index contributed by atoms with van der Waals surface area (Å²) in [4.78, 5) is 61.8. The molecule has 0 unspecified atom stereocenters. The molecule has 6 rings (SSSR count). The molecule has 0 saturated carbocycles. The molecule has 0 aliphatic heterocycles. The molecule has 4 amide bonds. The van der Waals surface area contributed by atoms with Crippen LogP contribution in [0.5, 0.6) is 0 Å². The number of nitrogen functional groups attached to an aromatic ring is 1. The Kier molecular flexibility index (Phi) is 14.8. The third kappa shape index (κ3) is 13.7. The normalized spacial score (nSPS) is 10.7. The fourth-order valence-corrected chi connectivity index (χ4v) is 4.76. The number of amides is 4. The van der Waals surface area contributed by atoms with E-state index < -0.39 is 35.4 Å². The van der Waals surface area contributed by atoms with Crippen LogP contribution in [0, 0.1) is 18.8 Å². The van der Waals surface area contributed by atoms with Gasteiger partial charge in [0.25, 0.3) is 11.8 Å². The van der Waals surface area contributed by atoms with Crippen LogP contribution >= 0.6 is 0 Å². The Morgan fingerprint density at radius 3 is 1.53 bits per heavy atom. The van der Waals surface area contributed by atoms with Gasteiger partial charge in [0, 0.05) is 28.2 Å². The summed E-state index contributed by atoms with van der Waals surface area (Å²) < 4.78 is 74.3. The fourth-order valence-electron chi connectivity index (χ4n) is 4.76. The van der Waals surface area contributed by atoms with E-state index >= 15 is 0 Å². The van der Waals surface area contributed by atoms with Gasteiger partial charge in [0.05, 0.1) is 47.3 Å². The number of carbonyl (C=O) groups is 3. The molecule has 0 atom stereocenters. The summed E-state index contributed by atoms with van der Waals surface area (Å²) in [6.45, 7) is 3.58. The quantitative estimate of drug-likeness (QED) is 0.0590. The zero-order valence-electron chi connectivity index (χ0n) is 30.8. The molecular formula is C39H32F6N10O4. The largest absolute Gasteiger partial charge is 0.416 e. The van der Waals surface area contributed by atoms with Crippen molar-refractivity contribution in [2.75, 3.05) is 27.0 Å². The number of aromatic nitrogens is 4. The third-order valence-electron chi connectivity index (χ3n) is 7.61. The summed E-state index contributed by atoms with van der Waals surface area (Å²) in [5, 5.41) is 12.6. The van der Waals surface area contributed by atoms with Crippen molar-refractivity contribution in [3.05, 3.63) is 161 Å². The average Bonchev–Trinajstić information content (AvgIpc) is 3.20. The molecule has 59 heavy (non-hydrogen) atoms. The molecule has 20 heteroatoms. The van der Waals surface area contributed by atoms with Crippen LogP contribution in [0.15, 0.2) is 128 Å². The highest BCUT2D eigenvalue weighted by atomic mass is 19.4. The first-order valence-corrected chi connectivity index (χ1v) is 16.8. The van der Waals surface area contributed by atoms with Crippen molar-refractivity contribution in [3.8, 4) is 0 Å². The lowest BCUT2D eigenvalue weighted by Crippen LogP contribution is -2.20. The number of alkyl halides is 6. The number of aryl methyl sites for hydroxylation is 2. The van der Waals surface area contributed by atoms with Gasteiger partial charge >= 0.3 is 18.4 Å². The Morgan fingerprint density at radius 1 is 0.559 bits per heavy atom. The maximum Gasteiger partial charge on any atom is 0.416 e. The summed E-state index contributed by atoms with van der Waals surface area (Å²) in [6, 6.07) is 17.3. The first kappa shape index (κ1) is 44.0. The van der Waals surface area contributed by atoms with E-state index in [1.165, 1.54) is 61.7 Å². The van der Waals surface area contributed by atoms with Gasteiger partial charge in [0.15, 0.2) is 0 Å². The predicted octanol–water partition coefficient (Wildman–Crippen LogP) is 9.42. The van der Waals surface area contributed by atoms with E-state index in [1.807, 2.05) is 13.0 Å². The minimum Gasteiger partial charge on any atom is -0.399 e. The van der Waals surface area contributed by atoms with E-state index in [9.17, 15) is 45.6 Å². The van der Waals surface area contributed by atoms with Gasteiger partial charge in [0.2, 0.25) is 0 Å². The van der Waals surface area contributed by atoms with Gasteiger partial charge < -0.3 is 27.0 Å². The van der Waals surface area contributed by atoms with Crippen LogP contribution in [0.25, 0.3) is 0 Å². The molecule has 2 aromatic heterocycles. The third-order valence-corrected chi connectivity index (χ3v) is 7.61. The van der Waals surface area contributed by atoms with Crippen LogP contribution in [0.1, 0.15) is 43.0 Å². The smallest absolute Gasteiger partial charge is 0.399 e. The number of rotatable bonds is 7. The number of urea groups is 1. The Labute approximate surface area is 331 Å². The molecule has 4 aromatic carbocycles. The Balaban J connectivity index is 0.000000222. The van der Waals surface area contributed by atoms with Crippen molar-refractivity contribution in [3.63, 3.8) is 0 Å². The summed E-state index contributed by atoms with van der Waals surface area (Å²) in [5.74, 6) is -0.645. The topological polar surface area (TPSA) is 206 Å². The molecule has 0 fully saturated rings. The lowest BCUT2D eigenvalue weighted by Gasteiger charge is -2.12. The van der Waals surface area contributed by atoms with Gasteiger partial charge in [-0.25, -0.2) is 24.7 Å². The molecule has 14 nitrogen and oxygen atoms in total. The SMILES string of the molecule is Cc1ccc(N)cc1C(=O)Nc1cncnc1.Cc1ccc(NC(=O)Nc2cccc(C(F)(F)F)c2)cc1C(=O)Nc1cncnc1.O=Nc1cccc(C(F)(F)F)c1. The zero-order chi connectivity index (χ0) is 43.2. The molecule has 6 N–H and O–H groups in total. The number of hydrogen-bond donors (Lipinski definition) is 5. The number of nitrogens with one attached hydrogen (secondary N) is 4. The van der Waals surface area contributed by atoms with Gasteiger partial charge in [-0.05, 0) is 90.8 Å². The first-order valence-electron chi connectivity index (χ1n) is 16.8. The number of carbonyl (C=O) groups excluding carboxylic acids is 3. The van der Waals surface area contributed by atoms with Crippen LogP contribution in [0.3, 0.4) is 0 Å². The van der Waals surface area contributed by atoms with Gasteiger partial charge in [-0.15, -0.1) is 4.91 Å². The molecule has 0 saturated heterocycles. The van der Waals surface area contributed by atoms with E-state index in [-0.39, 0.29) is 17.3 Å². The summed E-state index contributed by atoms with van der Waals surface area (Å²) >= 11 is 0. The molecule has 0 aliphatic carbocycles. The van der Waals surface area contributed by atoms with Crippen LogP contribution in [0.2, 0.25) is 0 Å². The summed E-state index contributed by atoms with van der Waals surface area (Å²) in [6.07, 6.45) is -0.261. The van der Waals surface area contributed by atoms with Crippen molar-refractivity contribution >= 4 is 52.0 Å². The molecule has 2 heterocycles. The van der Waals surface area contributed by atoms with Crippen LogP contribution in [0.4, 0.5) is 65.3 Å². The molecule has 304 valence electrons. The number of nitrogens with zero attached hydrogens (tertiary/aromatic N) is 5. The molecule has 0 radical (unpaired) electrons. The van der Waals surface area contributed by atoms with Gasteiger partial charge in [0.1, 0.15) is 18.3 Å². The predicted molar refractivity (Wildman–Crippen MR) is 208 cm³/mol.